The molecular formula is C15H14N2O. The second-order valence-corrected chi connectivity index (χ2v) is 4.99. The number of hydrogen-bond donors (Lipinski definition) is 0. The highest BCUT2D eigenvalue weighted by atomic mass is 16.5. The van der Waals surface area contributed by atoms with Crippen LogP contribution in [-0.2, 0) is 0 Å². The van der Waals surface area contributed by atoms with Crippen molar-refractivity contribution in [3.63, 3.8) is 0 Å². The number of pyridine rings is 1. The molecule has 3 heteroatoms. The van der Waals surface area contributed by atoms with E-state index < -0.39 is 0 Å². The van der Waals surface area contributed by atoms with Gasteiger partial charge in [-0.1, -0.05) is 18.2 Å². The fourth-order valence-corrected chi connectivity index (χ4v) is 2.08. The minimum Gasteiger partial charge on any atom is -0.491 e. The zero-order valence-corrected chi connectivity index (χ0v) is 10.1. The largest absolute Gasteiger partial charge is 0.491 e. The van der Waals surface area contributed by atoms with Gasteiger partial charge in [-0.25, -0.2) is 0 Å². The average molecular weight is 238 g/mol. The van der Waals surface area contributed by atoms with Crippen LogP contribution < -0.4 is 4.74 Å². The smallest absolute Gasteiger partial charge is 0.138 e. The highest BCUT2D eigenvalue weighted by Gasteiger charge is 2.43. The Morgan fingerprint density at radius 2 is 2.17 bits per heavy atom. The fraction of sp³-hybridized carbons (Fsp3) is 0.333. The summed E-state index contributed by atoms with van der Waals surface area (Å²) in [6.45, 7) is 0.626. The van der Waals surface area contributed by atoms with E-state index in [4.69, 9.17) is 10.00 Å². The molecule has 1 heterocycles. The number of benzene rings is 1. The summed E-state index contributed by atoms with van der Waals surface area (Å²) in [6, 6.07) is 12.2. The van der Waals surface area contributed by atoms with Crippen molar-refractivity contribution in [1.82, 2.24) is 4.98 Å². The molecule has 1 aliphatic rings. The predicted molar refractivity (Wildman–Crippen MR) is 69.1 cm³/mol. The molecule has 1 aromatic carbocycles. The van der Waals surface area contributed by atoms with Crippen LogP contribution >= 0.6 is 0 Å². The molecule has 3 nitrogen and oxygen atoms in total. The SMILES string of the molecule is N#CCC1(COc2cnc3ccccc3c2)CC1. The number of hydrogen-bond acceptors (Lipinski definition) is 3. The Hall–Kier alpha value is -2.08. The quantitative estimate of drug-likeness (QED) is 0.820. The molecule has 0 spiro atoms. The highest BCUT2D eigenvalue weighted by molar-refractivity contribution is 5.79. The van der Waals surface area contributed by atoms with Crippen LogP contribution in [0.25, 0.3) is 10.9 Å². The van der Waals surface area contributed by atoms with Crippen molar-refractivity contribution in [1.29, 1.82) is 5.26 Å². The number of rotatable bonds is 4. The average Bonchev–Trinajstić information content (AvgIpc) is 3.17. The summed E-state index contributed by atoms with van der Waals surface area (Å²) in [5.41, 5.74) is 1.09. The lowest BCUT2D eigenvalue weighted by atomic mass is 10.1. The molecule has 1 aliphatic carbocycles. The van der Waals surface area contributed by atoms with Crippen LogP contribution in [0.1, 0.15) is 19.3 Å². The second-order valence-electron chi connectivity index (χ2n) is 4.99. The van der Waals surface area contributed by atoms with E-state index in [0.717, 1.165) is 29.5 Å². The van der Waals surface area contributed by atoms with Gasteiger partial charge in [0.15, 0.2) is 0 Å². The van der Waals surface area contributed by atoms with E-state index in [0.29, 0.717) is 13.0 Å². The van der Waals surface area contributed by atoms with Gasteiger partial charge in [-0.3, -0.25) is 4.98 Å². The lowest BCUT2D eigenvalue weighted by Gasteiger charge is -2.12. The third-order valence-corrected chi connectivity index (χ3v) is 3.52. The highest BCUT2D eigenvalue weighted by Crippen LogP contribution is 2.48. The first kappa shape index (κ1) is 11.0. The molecule has 0 N–H and O–H groups in total. The summed E-state index contributed by atoms with van der Waals surface area (Å²) >= 11 is 0. The standard InChI is InChI=1S/C15H14N2O/c16-8-7-15(5-6-15)11-18-13-9-12-3-1-2-4-14(12)17-10-13/h1-4,9-10H,5-7,11H2. The fourth-order valence-electron chi connectivity index (χ4n) is 2.08. The van der Waals surface area contributed by atoms with Crippen LogP contribution in [0, 0.1) is 16.7 Å². The van der Waals surface area contributed by atoms with E-state index in [1.807, 2.05) is 30.3 Å². The Kier molecular flexibility index (Phi) is 2.64. The van der Waals surface area contributed by atoms with Gasteiger partial charge >= 0.3 is 0 Å². The molecule has 90 valence electrons. The van der Waals surface area contributed by atoms with E-state index >= 15 is 0 Å². The molecule has 0 amide bonds. The van der Waals surface area contributed by atoms with E-state index in [2.05, 4.69) is 11.1 Å². The van der Waals surface area contributed by atoms with Crippen molar-refractivity contribution < 1.29 is 4.74 Å². The van der Waals surface area contributed by atoms with Gasteiger partial charge in [0, 0.05) is 17.2 Å². The van der Waals surface area contributed by atoms with Crippen molar-refractivity contribution in [2.45, 2.75) is 19.3 Å². The molecular weight excluding hydrogens is 224 g/mol. The number of para-hydroxylation sites is 1. The van der Waals surface area contributed by atoms with Crippen LogP contribution in [0.15, 0.2) is 36.5 Å². The summed E-state index contributed by atoms with van der Waals surface area (Å²) in [6.07, 6.45) is 4.54. The van der Waals surface area contributed by atoms with Gasteiger partial charge in [0.2, 0.25) is 0 Å². The zero-order chi connectivity index (χ0) is 12.4. The minimum absolute atomic E-state index is 0.112. The van der Waals surface area contributed by atoms with E-state index in [-0.39, 0.29) is 5.41 Å². The number of ether oxygens (including phenoxy) is 1. The predicted octanol–water partition coefficient (Wildman–Crippen LogP) is 3.31. The van der Waals surface area contributed by atoms with Crippen molar-refractivity contribution in [2.75, 3.05) is 6.61 Å². The first-order valence-corrected chi connectivity index (χ1v) is 6.16. The third kappa shape index (κ3) is 2.14. The van der Waals surface area contributed by atoms with Crippen molar-refractivity contribution in [3.05, 3.63) is 36.5 Å². The molecule has 3 rings (SSSR count). The van der Waals surface area contributed by atoms with Gasteiger partial charge in [-0.15, -0.1) is 0 Å². The topological polar surface area (TPSA) is 45.9 Å². The Bertz CT molecular complexity index is 611. The van der Waals surface area contributed by atoms with Gasteiger partial charge in [0.1, 0.15) is 5.75 Å². The van der Waals surface area contributed by atoms with Crippen molar-refractivity contribution in [2.24, 2.45) is 5.41 Å². The second kappa shape index (κ2) is 4.30. The monoisotopic (exact) mass is 238 g/mol. The molecule has 1 fully saturated rings. The molecule has 0 unspecified atom stereocenters. The number of aromatic nitrogens is 1. The summed E-state index contributed by atoms with van der Waals surface area (Å²) in [4.78, 5) is 4.36. The molecule has 1 aromatic heterocycles. The number of nitrogens with zero attached hydrogens (tertiary/aromatic N) is 2. The lowest BCUT2D eigenvalue weighted by molar-refractivity contribution is 0.236. The Morgan fingerprint density at radius 3 is 2.94 bits per heavy atom. The van der Waals surface area contributed by atoms with Crippen LogP contribution in [0.5, 0.6) is 5.75 Å². The zero-order valence-electron chi connectivity index (χ0n) is 10.1. The molecule has 18 heavy (non-hydrogen) atoms. The first-order valence-electron chi connectivity index (χ1n) is 6.16. The van der Waals surface area contributed by atoms with E-state index in [1.165, 1.54) is 0 Å². The van der Waals surface area contributed by atoms with Gasteiger partial charge in [-0.2, -0.15) is 5.26 Å². The summed E-state index contributed by atoms with van der Waals surface area (Å²) < 4.78 is 5.78. The number of fused-ring (bicyclic) bond motifs is 1. The van der Waals surface area contributed by atoms with Gasteiger partial charge in [0.05, 0.1) is 24.4 Å². The van der Waals surface area contributed by atoms with Crippen LogP contribution in [0.2, 0.25) is 0 Å². The van der Waals surface area contributed by atoms with E-state index in [9.17, 15) is 0 Å². The maximum absolute atomic E-state index is 8.76. The number of nitriles is 1. The van der Waals surface area contributed by atoms with E-state index in [1.54, 1.807) is 6.20 Å². The van der Waals surface area contributed by atoms with Gasteiger partial charge < -0.3 is 4.74 Å². The van der Waals surface area contributed by atoms with Crippen LogP contribution in [-0.4, -0.2) is 11.6 Å². The lowest BCUT2D eigenvalue weighted by Crippen LogP contribution is -2.12. The van der Waals surface area contributed by atoms with Crippen molar-refractivity contribution in [3.8, 4) is 11.8 Å². The molecule has 0 atom stereocenters. The minimum atomic E-state index is 0.112. The van der Waals surface area contributed by atoms with Crippen LogP contribution in [0.3, 0.4) is 0 Å². The first-order chi connectivity index (χ1) is 8.81. The maximum Gasteiger partial charge on any atom is 0.138 e. The normalized spacial score (nSPS) is 16.2. The molecule has 0 bridgehead atoms. The molecule has 0 saturated heterocycles. The maximum atomic E-state index is 8.76. The molecule has 0 radical (unpaired) electrons. The molecule has 0 aliphatic heterocycles. The van der Waals surface area contributed by atoms with Gasteiger partial charge in [-0.05, 0) is 25.0 Å². The third-order valence-electron chi connectivity index (χ3n) is 3.52. The Balaban J connectivity index is 1.73. The summed E-state index contributed by atoms with van der Waals surface area (Å²) in [7, 11) is 0. The molecule has 2 aromatic rings. The van der Waals surface area contributed by atoms with Crippen molar-refractivity contribution >= 4 is 10.9 Å². The van der Waals surface area contributed by atoms with Gasteiger partial charge in [0.25, 0.3) is 0 Å². The summed E-state index contributed by atoms with van der Waals surface area (Å²) in [5.74, 6) is 0.790. The molecule has 1 saturated carbocycles. The Morgan fingerprint density at radius 1 is 1.33 bits per heavy atom. The summed E-state index contributed by atoms with van der Waals surface area (Å²) in [5, 5.41) is 9.85. The Labute approximate surface area is 106 Å². The van der Waals surface area contributed by atoms with Crippen LogP contribution in [0.4, 0.5) is 0 Å².